The maximum atomic E-state index is 13.1. The first-order valence-corrected chi connectivity index (χ1v) is 8.06. The Hall–Kier alpha value is -3.27. The summed E-state index contributed by atoms with van der Waals surface area (Å²) in [5.41, 5.74) is 3.85. The average Bonchev–Trinajstić information content (AvgIpc) is 2.65. The molecule has 3 aromatic carbocycles. The van der Waals surface area contributed by atoms with Crippen molar-refractivity contribution in [2.45, 2.75) is 6.92 Å². The molecular weight excluding hydrogens is 313 g/mol. The molecule has 0 aliphatic heterocycles. The third kappa shape index (κ3) is 3.06. The van der Waals surface area contributed by atoms with Gasteiger partial charge in [0.05, 0.1) is 0 Å². The summed E-state index contributed by atoms with van der Waals surface area (Å²) >= 11 is 0. The van der Waals surface area contributed by atoms with Crippen LogP contribution >= 0.6 is 0 Å². The summed E-state index contributed by atoms with van der Waals surface area (Å²) < 4.78 is 13.1. The molecule has 1 N–H and O–H groups in total. The van der Waals surface area contributed by atoms with Crippen molar-refractivity contribution in [2.24, 2.45) is 0 Å². The van der Waals surface area contributed by atoms with Gasteiger partial charge in [-0.3, -0.25) is 0 Å². The van der Waals surface area contributed by atoms with Crippen molar-refractivity contribution in [1.29, 1.82) is 0 Å². The molecule has 1 aromatic heterocycles. The van der Waals surface area contributed by atoms with E-state index in [1.165, 1.54) is 17.7 Å². The lowest BCUT2D eigenvalue weighted by Gasteiger charge is -2.11. The highest BCUT2D eigenvalue weighted by Crippen LogP contribution is 2.31. The first-order valence-electron chi connectivity index (χ1n) is 8.06. The highest BCUT2D eigenvalue weighted by molar-refractivity contribution is 6.00. The van der Waals surface area contributed by atoms with Gasteiger partial charge in [-0.25, -0.2) is 4.39 Å². The number of rotatable bonds is 3. The first kappa shape index (κ1) is 15.3. The van der Waals surface area contributed by atoms with Gasteiger partial charge in [0, 0.05) is 22.0 Å². The molecule has 0 aliphatic rings. The normalized spacial score (nSPS) is 10.8. The number of hydrogen-bond donors (Lipinski definition) is 1. The van der Waals surface area contributed by atoms with Gasteiger partial charge in [-0.1, -0.05) is 54.1 Å². The molecule has 0 saturated carbocycles. The highest BCUT2D eigenvalue weighted by Gasteiger charge is 2.11. The van der Waals surface area contributed by atoms with Crippen molar-refractivity contribution in [3.05, 3.63) is 84.2 Å². The van der Waals surface area contributed by atoms with E-state index in [4.69, 9.17) is 0 Å². The molecule has 1 heterocycles. The number of fused-ring (bicyclic) bond motifs is 1. The summed E-state index contributed by atoms with van der Waals surface area (Å²) in [4.78, 5) is 0. The molecule has 0 amide bonds. The molecule has 0 bridgehead atoms. The predicted molar refractivity (Wildman–Crippen MR) is 99.4 cm³/mol. The molecule has 0 radical (unpaired) electrons. The van der Waals surface area contributed by atoms with Crippen molar-refractivity contribution >= 4 is 22.3 Å². The van der Waals surface area contributed by atoms with E-state index in [-0.39, 0.29) is 5.82 Å². The summed E-state index contributed by atoms with van der Waals surface area (Å²) in [5, 5.41) is 14.0. The lowest BCUT2D eigenvalue weighted by atomic mass is 10.0. The van der Waals surface area contributed by atoms with Crippen molar-refractivity contribution in [3.63, 3.8) is 0 Å². The van der Waals surface area contributed by atoms with Crippen LogP contribution in [0.15, 0.2) is 72.8 Å². The molecule has 25 heavy (non-hydrogen) atoms. The molecule has 4 heteroatoms. The largest absolute Gasteiger partial charge is 0.338 e. The maximum Gasteiger partial charge on any atom is 0.161 e. The van der Waals surface area contributed by atoms with E-state index in [0.717, 1.165) is 27.7 Å². The van der Waals surface area contributed by atoms with Crippen molar-refractivity contribution < 1.29 is 4.39 Å². The van der Waals surface area contributed by atoms with Crippen LogP contribution in [-0.4, -0.2) is 10.2 Å². The SMILES string of the molecule is Cc1ccc(-c2nnc(Nc3ccc(F)cc3)c3ccccc23)cc1. The molecule has 0 unspecified atom stereocenters. The number of aryl methyl sites for hydroxylation is 1. The van der Waals surface area contributed by atoms with Gasteiger partial charge < -0.3 is 5.32 Å². The molecule has 0 atom stereocenters. The Bertz CT molecular complexity index is 1030. The maximum absolute atomic E-state index is 13.1. The molecule has 0 spiro atoms. The summed E-state index contributed by atoms with van der Waals surface area (Å²) in [7, 11) is 0. The van der Waals surface area contributed by atoms with Gasteiger partial charge in [0.2, 0.25) is 0 Å². The van der Waals surface area contributed by atoms with Crippen LogP contribution in [0.3, 0.4) is 0 Å². The van der Waals surface area contributed by atoms with Crippen LogP contribution in [0.5, 0.6) is 0 Å². The van der Waals surface area contributed by atoms with E-state index in [0.29, 0.717) is 5.82 Å². The highest BCUT2D eigenvalue weighted by atomic mass is 19.1. The van der Waals surface area contributed by atoms with E-state index in [1.54, 1.807) is 12.1 Å². The quantitative estimate of drug-likeness (QED) is 0.540. The Morgan fingerprint density at radius 2 is 1.44 bits per heavy atom. The Morgan fingerprint density at radius 1 is 0.760 bits per heavy atom. The van der Waals surface area contributed by atoms with Crippen LogP contribution in [0.4, 0.5) is 15.9 Å². The van der Waals surface area contributed by atoms with Crippen LogP contribution in [0.25, 0.3) is 22.0 Å². The van der Waals surface area contributed by atoms with Crippen LogP contribution < -0.4 is 5.32 Å². The lowest BCUT2D eigenvalue weighted by molar-refractivity contribution is 0.628. The van der Waals surface area contributed by atoms with Gasteiger partial charge >= 0.3 is 0 Å². The number of halogens is 1. The summed E-state index contributed by atoms with van der Waals surface area (Å²) in [6, 6.07) is 22.4. The first-order chi connectivity index (χ1) is 12.2. The average molecular weight is 329 g/mol. The summed E-state index contributed by atoms with van der Waals surface area (Å²) in [6.07, 6.45) is 0. The van der Waals surface area contributed by atoms with E-state index in [9.17, 15) is 4.39 Å². The topological polar surface area (TPSA) is 37.8 Å². The van der Waals surface area contributed by atoms with E-state index in [1.807, 2.05) is 24.3 Å². The van der Waals surface area contributed by atoms with Crippen LogP contribution in [0.2, 0.25) is 0 Å². The van der Waals surface area contributed by atoms with Gasteiger partial charge in [-0.05, 0) is 31.2 Å². The second kappa shape index (κ2) is 6.32. The van der Waals surface area contributed by atoms with Crippen molar-refractivity contribution in [1.82, 2.24) is 10.2 Å². The van der Waals surface area contributed by atoms with Crippen molar-refractivity contribution in [3.8, 4) is 11.3 Å². The van der Waals surface area contributed by atoms with Crippen molar-refractivity contribution in [2.75, 3.05) is 5.32 Å². The Morgan fingerprint density at radius 3 is 2.16 bits per heavy atom. The monoisotopic (exact) mass is 329 g/mol. The third-order valence-electron chi connectivity index (χ3n) is 4.12. The fraction of sp³-hybridized carbons (Fsp3) is 0.0476. The number of nitrogens with one attached hydrogen (secondary N) is 1. The summed E-state index contributed by atoms with van der Waals surface area (Å²) in [5.74, 6) is 0.384. The molecular formula is C21H16FN3. The number of benzene rings is 3. The van der Waals surface area contributed by atoms with E-state index < -0.39 is 0 Å². The van der Waals surface area contributed by atoms with E-state index in [2.05, 4.69) is 46.7 Å². The zero-order chi connectivity index (χ0) is 17.2. The number of nitrogens with zero attached hydrogens (tertiary/aromatic N) is 2. The molecule has 122 valence electrons. The standard InChI is InChI=1S/C21H16FN3/c1-14-6-8-15(9-7-14)20-18-4-2-3-5-19(18)21(25-24-20)23-17-12-10-16(22)11-13-17/h2-13H,1H3,(H,23,25). The third-order valence-corrected chi connectivity index (χ3v) is 4.12. The van der Waals surface area contributed by atoms with Gasteiger partial charge in [0.1, 0.15) is 11.5 Å². The van der Waals surface area contributed by atoms with Gasteiger partial charge in [0.15, 0.2) is 5.82 Å². The Kier molecular flexibility index (Phi) is 3.86. The molecule has 0 fully saturated rings. The van der Waals surface area contributed by atoms with Crippen LogP contribution in [0.1, 0.15) is 5.56 Å². The lowest BCUT2D eigenvalue weighted by Crippen LogP contribution is -1.99. The number of hydrogen-bond acceptors (Lipinski definition) is 3. The molecule has 0 saturated heterocycles. The van der Waals surface area contributed by atoms with Crippen LogP contribution in [0, 0.1) is 12.7 Å². The fourth-order valence-electron chi connectivity index (χ4n) is 2.79. The van der Waals surface area contributed by atoms with Gasteiger partial charge in [0.25, 0.3) is 0 Å². The number of aromatic nitrogens is 2. The smallest absolute Gasteiger partial charge is 0.161 e. The molecule has 3 nitrogen and oxygen atoms in total. The zero-order valence-corrected chi connectivity index (χ0v) is 13.7. The van der Waals surface area contributed by atoms with Gasteiger partial charge in [-0.2, -0.15) is 0 Å². The van der Waals surface area contributed by atoms with Crippen LogP contribution in [-0.2, 0) is 0 Å². The molecule has 4 rings (SSSR count). The minimum Gasteiger partial charge on any atom is -0.338 e. The van der Waals surface area contributed by atoms with Gasteiger partial charge in [-0.15, -0.1) is 10.2 Å². The summed E-state index contributed by atoms with van der Waals surface area (Å²) in [6.45, 7) is 2.06. The minimum atomic E-state index is -0.267. The molecule has 4 aromatic rings. The second-order valence-electron chi connectivity index (χ2n) is 5.94. The fourth-order valence-corrected chi connectivity index (χ4v) is 2.79. The Labute approximate surface area is 145 Å². The minimum absolute atomic E-state index is 0.267. The second-order valence-corrected chi connectivity index (χ2v) is 5.94. The predicted octanol–water partition coefficient (Wildman–Crippen LogP) is 5.49. The Balaban J connectivity index is 1.81. The number of anilines is 2. The molecule has 0 aliphatic carbocycles. The van der Waals surface area contributed by atoms with E-state index >= 15 is 0 Å². The zero-order valence-electron chi connectivity index (χ0n) is 13.7.